The van der Waals surface area contributed by atoms with Gasteiger partial charge in [0.25, 0.3) is 10.0 Å². The van der Waals surface area contributed by atoms with Crippen LogP contribution in [0.4, 0.5) is 5.69 Å². The molecule has 2 amide bonds. The SMILES string of the molecule is COc1ccc(S(=O)(=O)N(CC(=O)N(Cc2ccc(C)cc2)[C@@H](Cc2ccccc2)C(=O)NCC(C)C)c2ccc(Cl)cc2)cc1. The average Bonchev–Trinajstić information content (AvgIpc) is 3.05. The first kappa shape index (κ1) is 34.5. The summed E-state index contributed by atoms with van der Waals surface area (Å²) in [6.07, 6.45) is 0.245. The Bertz CT molecular complexity index is 1700. The van der Waals surface area contributed by atoms with Crippen molar-refractivity contribution in [2.45, 2.75) is 44.7 Å². The van der Waals surface area contributed by atoms with E-state index >= 15 is 0 Å². The lowest BCUT2D eigenvalue weighted by atomic mass is 10.0. The first-order valence-electron chi connectivity index (χ1n) is 15.1. The topological polar surface area (TPSA) is 96.0 Å². The molecule has 0 fully saturated rings. The molecule has 0 aliphatic heterocycles. The lowest BCUT2D eigenvalue weighted by Crippen LogP contribution is -2.53. The van der Waals surface area contributed by atoms with E-state index in [-0.39, 0.29) is 35.4 Å². The van der Waals surface area contributed by atoms with Crippen LogP contribution >= 0.6 is 11.6 Å². The molecule has 0 saturated carbocycles. The molecular formula is C36H40ClN3O5S. The van der Waals surface area contributed by atoms with Crippen molar-refractivity contribution in [3.63, 3.8) is 0 Å². The molecule has 4 aromatic carbocycles. The van der Waals surface area contributed by atoms with Crippen molar-refractivity contribution >= 4 is 39.1 Å². The van der Waals surface area contributed by atoms with E-state index in [0.717, 1.165) is 21.0 Å². The van der Waals surface area contributed by atoms with Gasteiger partial charge in [-0.3, -0.25) is 13.9 Å². The summed E-state index contributed by atoms with van der Waals surface area (Å²) in [5, 5.41) is 3.42. The van der Waals surface area contributed by atoms with E-state index in [9.17, 15) is 18.0 Å². The van der Waals surface area contributed by atoms with Gasteiger partial charge in [-0.2, -0.15) is 0 Å². The number of hydrogen-bond acceptors (Lipinski definition) is 5. The molecule has 0 radical (unpaired) electrons. The zero-order valence-electron chi connectivity index (χ0n) is 26.5. The van der Waals surface area contributed by atoms with E-state index in [1.807, 2.05) is 75.4 Å². The van der Waals surface area contributed by atoms with Gasteiger partial charge in [-0.05, 0) is 72.5 Å². The first-order chi connectivity index (χ1) is 22.0. The maximum absolute atomic E-state index is 14.5. The fourth-order valence-corrected chi connectivity index (χ4v) is 6.42. The molecule has 8 nitrogen and oxygen atoms in total. The predicted octanol–water partition coefficient (Wildman–Crippen LogP) is 6.26. The third-order valence-corrected chi connectivity index (χ3v) is 9.51. The number of carbonyl (C=O) groups is 2. The summed E-state index contributed by atoms with van der Waals surface area (Å²) in [6.45, 7) is 5.94. The number of amides is 2. The van der Waals surface area contributed by atoms with Gasteiger partial charge in [0.15, 0.2) is 0 Å². The molecule has 0 heterocycles. The summed E-state index contributed by atoms with van der Waals surface area (Å²) in [6, 6.07) is 28.5. The minimum absolute atomic E-state index is 0.0170. The summed E-state index contributed by atoms with van der Waals surface area (Å²) in [5.74, 6) is -0.159. The molecule has 46 heavy (non-hydrogen) atoms. The fourth-order valence-electron chi connectivity index (χ4n) is 4.88. The highest BCUT2D eigenvalue weighted by molar-refractivity contribution is 7.92. The van der Waals surface area contributed by atoms with Crippen LogP contribution in [-0.2, 0) is 32.6 Å². The molecule has 0 aromatic heterocycles. The van der Waals surface area contributed by atoms with Crippen LogP contribution in [0.3, 0.4) is 0 Å². The largest absolute Gasteiger partial charge is 0.497 e. The number of aryl methyl sites for hydroxylation is 1. The minimum Gasteiger partial charge on any atom is -0.497 e. The summed E-state index contributed by atoms with van der Waals surface area (Å²) in [5.41, 5.74) is 2.99. The average molecular weight is 662 g/mol. The van der Waals surface area contributed by atoms with Crippen molar-refractivity contribution in [3.8, 4) is 5.75 Å². The van der Waals surface area contributed by atoms with Crippen molar-refractivity contribution in [3.05, 3.63) is 125 Å². The van der Waals surface area contributed by atoms with Crippen molar-refractivity contribution < 1.29 is 22.7 Å². The van der Waals surface area contributed by atoms with Gasteiger partial charge < -0.3 is 15.0 Å². The molecule has 242 valence electrons. The highest BCUT2D eigenvalue weighted by Gasteiger charge is 2.34. The zero-order chi connectivity index (χ0) is 33.3. The van der Waals surface area contributed by atoms with Gasteiger partial charge in [-0.25, -0.2) is 8.42 Å². The van der Waals surface area contributed by atoms with Crippen LogP contribution in [-0.4, -0.2) is 51.4 Å². The van der Waals surface area contributed by atoms with Crippen LogP contribution < -0.4 is 14.4 Å². The Hall–Kier alpha value is -4.34. The Morgan fingerprint density at radius 1 is 0.848 bits per heavy atom. The number of ether oxygens (including phenoxy) is 1. The molecule has 4 rings (SSSR count). The van der Waals surface area contributed by atoms with Gasteiger partial charge >= 0.3 is 0 Å². The summed E-state index contributed by atoms with van der Waals surface area (Å²) < 4.78 is 34.6. The highest BCUT2D eigenvalue weighted by atomic mass is 35.5. The van der Waals surface area contributed by atoms with E-state index in [2.05, 4.69) is 5.32 Å². The van der Waals surface area contributed by atoms with Crippen LogP contribution in [0.15, 0.2) is 108 Å². The number of halogens is 1. The van der Waals surface area contributed by atoms with Crippen molar-refractivity contribution in [1.82, 2.24) is 10.2 Å². The highest BCUT2D eigenvalue weighted by Crippen LogP contribution is 2.27. The van der Waals surface area contributed by atoms with Gasteiger partial charge in [0, 0.05) is 24.5 Å². The third kappa shape index (κ3) is 9.11. The maximum Gasteiger partial charge on any atom is 0.264 e. The second-order valence-corrected chi connectivity index (χ2v) is 13.8. The number of nitrogens with zero attached hydrogens (tertiary/aromatic N) is 2. The van der Waals surface area contributed by atoms with Gasteiger partial charge in [0.05, 0.1) is 17.7 Å². The molecule has 0 bridgehead atoms. The molecule has 0 saturated heterocycles. The predicted molar refractivity (Wildman–Crippen MR) is 182 cm³/mol. The second kappa shape index (κ2) is 15.8. The minimum atomic E-state index is -4.24. The van der Waals surface area contributed by atoms with Crippen LogP contribution in [0.25, 0.3) is 0 Å². The first-order valence-corrected chi connectivity index (χ1v) is 16.9. The molecule has 10 heteroatoms. The van der Waals surface area contributed by atoms with E-state index < -0.39 is 28.5 Å². The monoisotopic (exact) mass is 661 g/mol. The van der Waals surface area contributed by atoms with E-state index in [4.69, 9.17) is 16.3 Å². The molecule has 4 aromatic rings. The van der Waals surface area contributed by atoms with Gasteiger partial charge in [-0.15, -0.1) is 0 Å². The summed E-state index contributed by atoms with van der Waals surface area (Å²) in [4.78, 5) is 29.8. The Labute approximate surface area is 277 Å². The number of methoxy groups -OCH3 is 1. The number of nitrogens with one attached hydrogen (secondary N) is 1. The lowest BCUT2D eigenvalue weighted by molar-refractivity contribution is -0.140. The quantitative estimate of drug-likeness (QED) is 0.172. The van der Waals surface area contributed by atoms with Gasteiger partial charge in [-0.1, -0.05) is 85.6 Å². The maximum atomic E-state index is 14.5. The Balaban J connectivity index is 1.79. The Morgan fingerprint density at radius 2 is 1.48 bits per heavy atom. The molecule has 0 aliphatic carbocycles. The van der Waals surface area contributed by atoms with E-state index in [1.165, 1.54) is 24.1 Å². The van der Waals surface area contributed by atoms with Crippen molar-refractivity contribution in [2.24, 2.45) is 5.92 Å². The smallest absolute Gasteiger partial charge is 0.264 e. The lowest BCUT2D eigenvalue weighted by Gasteiger charge is -2.34. The number of rotatable bonds is 14. The third-order valence-electron chi connectivity index (χ3n) is 7.47. The normalized spacial score (nSPS) is 12.0. The standard InChI is InChI=1S/C36H40ClN3O5S/c1-26(2)23-38-36(42)34(22-28-8-6-5-7-9-28)39(24-29-12-10-27(3)11-13-29)35(41)25-40(31-16-14-30(37)15-17-31)46(43,44)33-20-18-32(45-4)19-21-33/h5-21,26,34H,22-25H2,1-4H3,(H,38,42)/t34-/m0/s1. The van der Waals surface area contributed by atoms with Crippen molar-refractivity contribution in [1.29, 1.82) is 0 Å². The fraction of sp³-hybridized carbons (Fsp3) is 0.278. The molecule has 0 spiro atoms. The summed E-state index contributed by atoms with van der Waals surface area (Å²) in [7, 11) is -2.74. The number of sulfonamides is 1. The van der Waals surface area contributed by atoms with Crippen LogP contribution in [0, 0.1) is 12.8 Å². The number of benzene rings is 4. The van der Waals surface area contributed by atoms with Crippen molar-refractivity contribution in [2.75, 3.05) is 24.5 Å². The zero-order valence-corrected chi connectivity index (χ0v) is 28.1. The van der Waals surface area contributed by atoms with Crippen LogP contribution in [0.5, 0.6) is 5.75 Å². The van der Waals surface area contributed by atoms with Gasteiger partial charge in [0.2, 0.25) is 11.8 Å². The summed E-state index contributed by atoms with van der Waals surface area (Å²) >= 11 is 6.14. The molecule has 0 unspecified atom stereocenters. The Kier molecular flexibility index (Phi) is 11.8. The van der Waals surface area contributed by atoms with Crippen LogP contribution in [0.2, 0.25) is 5.02 Å². The molecule has 1 atom stereocenters. The van der Waals surface area contributed by atoms with E-state index in [0.29, 0.717) is 17.3 Å². The van der Waals surface area contributed by atoms with E-state index in [1.54, 1.807) is 36.4 Å². The molecule has 0 aliphatic rings. The molecular weight excluding hydrogens is 622 g/mol. The van der Waals surface area contributed by atoms with Crippen LogP contribution in [0.1, 0.15) is 30.5 Å². The molecule has 1 N–H and O–H groups in total. The van der Waals surface area contributed by atoms with Gasteiger partial charge in [0.1, 0.15) is 18.3 Å². The number of hydrogen-bond donors (Lipinski definition) is 1. The second-order valence-electron chi connectivity index (χ2n) is 11.5. The number of carbonyl (C=O) groups excluding carboxylic acids is 2. The Morgan fingerprint density at radius 3 is 2.07 bits per heavy atom. The number of anilines is 1.